The molecular formula is C9H10O3+4. The van der Waals surface area contributed by atoms with Crippen molar-refractivity contribution in [2.75, 3.05) is 0 Å². The predicted molar refractivity (Wildman–Crippen MR) is 45.4 cm³/mol. The summed E-state index contributed by atoms with van der Waals surface area (Å²) in [5.74, 6) is -1.09. The van der Waals surface area contributed by atoms with Gasteiger partial charge in [-0.25, -0.2) is 9.59 Å². The van der Waals surface area contributed by atoms with Crippen LogP contribution in [-0.2, 0) is 4.74 Å². The summed E-state index contributed by atoms with van der Waals surface area (Å²) in [6.07, 6.45) is 0. The van der Waals surface area contributed by atoms with Crippen molar-refractivity contribution in [2.45, 2.75) is 6.92 Å². The van der Waals surface area contributed by atoms with Crippen molar-refractivity contribution in [1.29, 1.82) is 0 Å². The van der Waals surface area contributed by atoms with Crippen LogP contribution in [-0.4, -0.2) is 11.9 Å². The van der Waals surface area contributed by atoms with Gasteiger partial charge in [0.2, 0.25) is 0 Å². The second kappa shape index (κ2) is 2.17. The number of esters is 2. The van der Waals surface area contributed by atoms with Crippen LogP contribution in [0, 0.1) is 6.92 Å². The maximum absolute atomic E-state index is 11.0. The van der Waals surface area contributed by atoms with E-state index in [1.807, 2.05) is 6.92 Å². The first-order valence-corrected chi connectivity index (χ1v) is 3.55. The molecule has 0 unspecified atom stereocenters. The minimum absolute atomic E-state index is 0. The number of hydrogen-bond acceptors (Lipinski definition) is 3. The van der Waals surface area contributed by atoms with Crippen LogP contribution in [0.3, 0.4) is 0 Å². The van der Waals surface area contributed by atoms with Gasteiger partial charge in [0.25, 0.3) is 0 Å². The molecular weight excluding hydrogens is 156 g/mol. The Morgan fingerprint density at radius 3 is 2.58 bits per heavy atom. The minimum atomic E-state index is -0.546. The molecule has 3 nitrogen and oxygen atoms in total. The summed E-state index contributed by atoms with van der Waals surface area (Å²) in [6.45, 7) is 1.86. The third-order valence-corrected chi connectivity index (χ3v) is 1.80. The van der Waals surface area contributed by atoms with E-state index < -0.39 is 11.9 Å². The van der Waals surface area contributed by atoms with Crippen molar-refractivity contribution in [2.24, 2.45) is 0 Å². The van der Waals surface area contributed by atoms with Gasteiger partial charge in [0.1, 0.15) is 0 Å². The van der Waals surface area contributed by atoms with Crippen LogP contribution in [0.2, 0.25) is 0 Å². The van der Waals surface area contributed by atoms with E-state index in [2.05, 4.69) is 4.74 Å². The fraction of sp³-hybridized carbons (Fsp3) is 0.111. The Bertz CT molecular complexity index is 392. The zero-order valence-corrected chi connectivity index (χ0v) is 6.46. The highest BCUT2D eigenvalue weighted by Gasteiger charge is 2.28. The average molecular weight is 166 g/mol. The molecule has 12 heavy (non-hydrogen) atoms. The van der Waals surface area contributed by atoms with Crippen molar-refractivity contribution in [3.05, 3.63) is 34.9 Å². The number of hydrogen-bond donors (Lipinski definition) is 0. The fourth-order valence-electron chi connectivity index (χ4n) is 1.20. The Morgan fingerprint density at radius 1 is 1.17 bits per heavy atom. The Kier molecular flexibility index (Phi) is 1.27. The average Bonchev–Trinajstić information content (AvgIpc) is 2.28. The molecule has 3 heteroatoms. The van der Waals surface area contributed by atoms with Gasteiger partial charge in [0.05, 0.1) is 11.1 Å². The van der Waals surface area contributed by atoms with Crippen LogP contribution in [0.15, 0.2) is 18.2 Å². The largest absolute Gasteiger partial charge is 1.00 e. The lowest BCUT2D eigenvalue weighted by molar-refractivity contribution is 0.0444. The molecule has 1 aromatic rings. The molecule has 0 saturated heterocycles. The summed E-state index contributed by atoms with van der Waals surface area (Å²) in [4.78, 5) is 21.9. The van der Waals surface area contributed by atoms with Gasteiger partial charge < -0.3 is 4.74 Å². The monoisotopic (exact) mass is 166 g/mol. The summed E-state index contributed by atoms with van der Waals surface area (Å²) in [5, 5.41) is 0. The molecule has 0 N–H and O–H groups in total. The van der Waals surface area contributed by atoms with Gasteiger partial charge in [0, 0.05) is 0 Å². The Hall–Kier alpha value is -1.64. The summed E-state index contributed by atoms with van der Waals surface area (Å²) in [6, 6.07) is 5.04. The lowest BCUT2D eigenvalue weighted by atomic mass is 10.1. The molecule has 0 atom stereocenters. The van der Waals surface area contributed by atoms with E-state index in [1.165, 1.54) is 0 Å². The topological polar surface area (TPSA) is 43.4 Å². The normalized spacial score (nSPS) is 14.4. The molecule has 0 radical (unpaired) electrons. The maximum atomic E-state index is 11.0. The first-order chi connectivity index (χ1) is 5.68. The van der Waals surface area contributed by atoms with E-state index in [9.17, 15) is 9.59 Å². The highest BCUT2D eigenvalue weighted by atomic mass is 16.6. The SMILES string of the molecule is Cc1ccc2c(c1)C(=O)OC2=O.[H+].[H+].[H+].[H+]. The standard InChI is InChI=1S/C9H6O3/c1-5-2-3-6-7(4-5)9(11)12-8(6)10/h2-4H,1H3/p+4. The van der Waals surface area contributed by atoms with Crippen LogP contribution < -0.4 is 0 Å². The van der Waals surface area contributed by atoms with Crippen LogP contribution in [0.5, 0.6) is 0 Å². The van der Waals surface area contributed by atoms with E-state index in [-0.39, 0.29) is 5.71 Å². The minimum Gasteiger partial charge on any atom is -0.386 e. The molecule has 0 aromatic heterocycles. The number of benzene rings is 1. The summed E-state index contributed by atoms with van der Waals surface area (Å²) in [7, 11) is 0. The molecule has 60 valence electrons. The maximum Gasteiger partial charge on any atom is 1.00 e. The molecule has 2 rings (SSSR count). The number of cyclic esters (lactones) is 2. The molecule has 1 aliphatic rings. The summed E-state index contributed by atoms with van der Waals surface area (Å²) in [5.41, 5.74) is 1.69. The second-order valence-electron chi connectivity index (χ2n) is 2.73. The zero-order valence-electron chi connectivity index (χ0n) is 10.5. The van der Waals surface area contributed by atoms with Crippen molar-refractivity contribution < 1.29 is 20.0 Å². The highest BCUT2D eigenvalue weighted by Crippen LogP contribution is 2.20. The van der Waals surface area contributed by atoms with E-state index in [4.69, 9.17) is 0 Å². The highest BCUT2D eigenvalue weighted by molar-refractivity contribution is 6.14. The number of ether oxygens (including phenoxy) is 1. The first-order valence-electron chi connectivity index (χ1n) is 3.55. The van der Waals surface area contributed by atoms with E-state index >= 15 is 0 Å². The Balaban J connectivity index is -0.000000422. The van der Waals surface area contributed by atoms with E-state index in [0.29, 0.717) is 11.1 Å². The van der Waals surface area contributed by atoms with Crippen molar-refractivity contribution in [1.82, 2.24) is 0 Å². The van der Waals surface area contributed by atoms with Crippen molar-refractivity contribution in [3.63, 3.8) is 0 Å². The Labute approximate surface area is 74.9 Å². The summed E-state index contributed by atoms with van der Waals surface area (Å²) >= 11 is 0. The van der Waals surface area contributed by atoms with Gasteiger partial charge in [0.15, 0.2) is 0 Å². The molecule has 1 aliphatic heterocycles. The quantitative estimate of drug-likeness (QED) is 0.435. The summed E-state index contributed by atoms with van der Waals surface area (Å²) < 4.78 is 4.41. The van der Waals surface area contributed by atoms with Crippen LogP contribution in [0.25, 0.3) is 0 Å². The van der Waals surface area contributed by atoms with Crippen molar-refractivity contribution in [3.8, 4) is 0 Å². The molecule has 0 saturated carbocycles. The fourth-order valence-corrected chi connectivity index (χ4v) is 1.20. The van der Waals surface area contributed by atoms with Gasteiger partial charge >= 0.3 is 17.6 Å². The molecule has 1 heterocycles. The number of fused-ring (bicyclic) bond motifs is 1. The van der Waals surface area contributed by atoms with E-state index in [1.54, 1.807) is 18.2 Å². The number of carbonyl (C=O) groups is 2. The number of aryl methyl sites for hydroxylation is 1. The second-order valence-corrected chi connectivity index (χ2v) is 2.73. The lowest BCUT2D eigenvalue weighted by Gasteiger charge is -1.92. The molecule has 0 aliphatic carbocycles. The van der Waals surface area contributed by atoms with Gasteiger partial charge in [-0.15, -0.1) is 0 Å². The van der Waals surface area contributed by atoms with Gasteiger partial charge in [-0.05, 0) is 19.1 Å². The predicted octanol–water partition coefficient (Wildman–Crippen LogP) is 1.76. The Morgan fingerprint density at radius 2 is 1.83 bits per heavy atom. The number of carbonyl (C=O) groups excluding carboxylic acids is 2. The van der Waals surface area contributed by atoms with Crippen molar-refractivity contribution >= 4 is 11.9 Å². The van der Waals surface area contributed by atoms with Gasteiger partial charge in [-0.2, -0.15) is 0 Å². The molecule has 0 bridgehead atoms. The molecule has 0 spiro atoms. The van der Waals surface area contributed by atoms with Crippen LogP contribution >= 0.6 is 0 Å². The smallest absolute Gasteiger partial charge is 0.386 e. The van der Waals surface area contributed by atoms with Gasteiger partial charge in [-0.1, -0.05) is 11.6 Å². The van der Waals surface area contributed by atoms with E-state index in [0.717, 1.165) is 5.56 Å². The van der Waals surface area contributed by atoms with Gasteiger partial charge in [-0.3, -0.25) is 0 Å². The lowest BCUT2D eigenvalue weighted by Crippen LogP contribution is -1.96. The molecule has 0 amide bonds. The zero-order chi connectivity index (χ0) is 8.72. The van der Waals surface area contributed by atoms with Crippen LogP contribution in [0.1, 0.15) is 32.0 Å². The molecule has 0 fully saturated rings. The first kappa shape index (κ1) is 7.03. The third kappa shape index (κ3) is 0.830. The molecule has 1 aromatic carbocycles. The third-order valence-electron chi connectivity index (χ3n) is 1.80. The number of rotatable bonds is 0. The van der Waals surface area contributed by atoms with Crippen LogP contribution in [0.4, 0.5) is 0 Å².